The number of hydrogen-bond acceptors (Lipinski definition) is 12. The molecule has 2 unspecified atom stereocenters. The van der Waals surface area contributed by atoms with Crippen molar-refractivity contribution in [1.29, 1.82) is 0 Å². The van der Waals surface area contributed by atoms with E-state index in [-0.39, 0.29) is 11.1 Å². The van der Waals surface area contributed by atoms with Gasteiger partial charge in [0, 0.05) is 12.8 Å². The Bertz CT molecular complexity index is 1330. The third-order valence-corrected chi connectivity index (χ3v) is 6.39. The van der Waals surface area contributed by atoms with Crippen LogP contribution < -0.4 is 0 Å². The lowest BCUT2D eigenvalue weighted by Gasteiger charge is -2.50. The molecule has 0 spiro atoms. The van der Waals surface area contributed by atoms with Gasteiger partial charge in [0.15, 0.2) is 51.4 Å². The average Bonchev–Trinajstić information content (AvgIpc) is 2.87. The minimum absolute atomic E-state index is 0.152. The van der Waals surface area contributed by atoms with Crippen LogP contribution >= 0.6 is 0 Å². The molecule has 0 bridgehead atoms. The van der Waals surface area contributed by atoms with Crippen molar-refractivity contribution < 1.29 is 60.0 Å². The lowest BCUT2D eigenvalue weighted by Crippen LogP contribution is -2.75. The standard InChI is InChI=1S/C26H26O12/c1-38-23(34)24(35)12-22(33)26(37,21(32)9-5-15-3-7-17(28)19(30)11-15)25(36,13-24)20(31)8-4-14-2-6-16(27)18(29)10-14/h2-11,22,27-30,33,35-37H,12-13H2,1H3/b8-4+,9-5+/t22-,24?,25+,26?/m1/s1. The van der Waals surface area contributed by atoms with Crippen LogP contribution in [0.15, 0.2) is 48.6 Å². The van der Waals surface area contributed by atoms with Crippen LogP contribution in [0.4, 0.5) is 0 Å². The summed E-state index contributed by atoms with van der Waals surface area (Å²) in [6, 6.07) is 6.95. The van der Waals surface area contributed by atoms with Crippen molar-refractivity contribution in [3.05, 3.63) is 59.7 Å². The molecule has 1 saturated carbocycles. The van der Waals surface area contributed by atoms with Gasteiger partial charge in [0.25, 0.3) is 0 Å². The summed E-state index contributed by atoms with van der Waals surface area (Å²) >= 11 is 0. The van der Waals surface area contributed by atoms with Gasteiger partial charge in [-0.15, -0.1) is 0 Å². The Hall–Kier alpha value is -4.23. The summed E-state index contributed by atoms with van der Waals surface area (Å²) in [7, 11) is 0.909. The maximum absolute atomic E-state index is 13.2. The van der Waals surface area contributed by atoms with E-state index in [0.717, 1.165) is 43.5 Å². The molecule has 38 heavy (non-hydrogen) atoms. The first-order valence-electron chi connectivity index (χ1n) is 11.1. The summed E-state index contributed by atoms with van der Waals surface area (Å²) in [5.74, 6) is -6.03. The van der Waals surface area contributed by atoms with E-state index in [4.69, 9.17) is 0 Å². The molecule has 8 N–H and O–H groups in total. The lowest BCUT2D eigenvalue weighted by atomic mass is 9.60. The molecule has 0 aromatic heterocycles. The average molecular weight is 530 g/mol. The highest BCUT2D eigenvalue weighted by Crippen LogP contribution is 2.45. The van der Waals surface area contributed by atoms with Gasteiger partial charge < -0.3 is 45.6 Å². The van der Waals surface area contributed by atoms with Crippen LogP contribution in [0, 0.1) is 0 Å². The van der Waals surface area contributed by atoms with Crippen LogP contribution in [0.5, 0.6) is 23.0 Å². The third-order valence-electron chi connectivity index (χ3n) is 6.39. The zero-order valence-corrected chi connectivity index (χ0v) is 20.0. The first-order chi connectivity index (χ1) is 17.7. The minimum Gasteiger partial charge on any atom is -0.504 e. The van der Waals surface area contributed by atoms with Gasteiger partial charge in [-0.05, 0) is 47.5 Å². The molecule has 0 radical (unpaired) electrons. The van der Waals surface area contributed by atoms with Crippen LogP contribution in [-0.2, 0) is 19.1 Å². The molecular weight excluding hydrogens is 504 g/mol. The number of esters is 1. The van der Waals surface area contributed by atoms with Gasteiger partial charge in [-0.3, -0.25) is 9.59 Å². The van der Waals surface area contributed by atoms with E-state index in [9.17, 15) is 55.2 Å². The monoisotopic (exact) mass is 530 g/mol. The van der Waals surface area contributed by atoms with E-state index in [1.54, 1.807) is 0 Å². The lowest BCUT2D eigenvalue weighted by molar-refractivity contribution is -0.244. The van der Waals surface area contributed by atoms with Crippen LogP contribution in [0.2, 0.25) is 0 Å². The summed E-state index contributed by atoms with van der Waals surface area (Å²) in [4.78, 5) is 38.7. The maximum Gasteiger partial charge on any atom is 0.338 e. The number of phenols is 4. The van der Waals surface area contributed by atoms with Gasteiger partial charge in [0.05, 0.1) is 13.2 Å². The number of aromatic hydroxyl groups is 4. The number of phenolic OH excluding ortho intramolecular Hbond substituents is 4. The van der Waals surface area contributed by atoms with Crippen LogP contribution in [0.3, 0.4) is 0 Å². The van der Waals surface area contributed by atoms with Crippen molar-refractivity contribution in [2.75, 3.05) is 7.11 Å². The quantitative estimate of drug-likeness (QED) is 0.133. The molecule has 1 fully saturated rings. The number of hydrogen-bond donors (Lipinski definition) is 8. The van der Waals surface area contributed by atoms with E-state index in [2.05, 4.69) is 4.74 Å². The molecular formula is C26H26O12. The summed E-state index contributed by atoms with van der Waals surface area (Å²) in [6.45, 7) is 0. The minimum atomic E-state index is -3.26. The molecule has 0 heterocycles. The second kappa shape index (κ2) is 10.3. The van der Waals surface area contributed by atoms with E-state index in [1.165, 1.54) is 12.1 Å². The zero-order chi connectivity index (χ0) is 28.5. The predicted octanol–water partition coefficient (Wildman–Crippen LogP) is -0.105. The number of aliphatic hydroxyl groups excluding tert-OH is 1. The molecule has 4 atom stereocenters. The highest BCUT2D eigenvalue weighted by Gasteiger charge is 2.69. The summed E-state index contributed by atoms with van der Waals surface area (Å²) < 4.78 is 4.51. The van der Waals surface area contributed by atoms with E-state index in [1.807, 2.05) is 0 Å². The van der Waals surface area contributed by atoms with Crippen molar-refractivity contribution in [2.24, 2.45) is 0 Å². The fraction of sp³-hybridized carbons (Fsp3) is 0.269. The topological polar surface area (TPSA) is 222 Å². The zero-order valence-electron chi connectivity index (χ0n) is 20.0. The number of methoxy groups -OCH3 is 1. The molecule has 0 amide bonds. The highest BCUT2D eigenvalue weighted by atomic mass is 16.5. The molecule has 0 saturated heterocycles. The van der Waals surface area contributed by atoms with E-state index < -0.39 is 76.3 Å². The highest BCUT2D eigenvalue weighted by molar-refractivity contribution is 6.11. The van der Waals surface area contributed by atoms with Crippen molar-refractivity contribution in [3.8, 4) is 23.0 Å². The smallest absolute Gasteiger partial charge is 0.338 e. The van der Waals surface area contributed by atoms with Gasteiger partial charge >= 0.3 is 5.97 Å². The molecule has 12 nitrogen and oxygen atoms in total. The number of ketones is 2. The van der Waals surface area contributed by atoms with E-state index >= 15 is 0 Å². The Kier molecular flexibility index (Phi) is 7.65. The first kappa shape index (κ1) is 28.3. The van der Waals surface area contributed by atoms with Gasteiger partial charge in [0.2, 0.25) is 0 Å². The molecule has 12 heteroatoms. The van der Waals surface area contributed by atoms with Gasteiger partial charge in [-0.1, -0.05) is 24.3 Å². The van der Waals surface area contributed by atoms with Crippen molar-refractivity contribution in [2.45, 2.75) is 35.7 Å². The Balaban J connectivity index is 2.05. The summed E-state index contributed by atoms with van der Waals surface area (Å²) in [5.41, 5.74) is -8.88. The maximum atomic E-state index is 13.2. The number of aliphatic hydroxyl groups is 4. The fourth-order valence-corrected chi connectivity index (χ4v) is 4.26. The van der Waals surface area contributed by atoms with Crippen LogP contribution in [0.25, 0.3) is 12.2 Å². The number of rotatable bonds is 7. The number of ether oxygens (including phenoxy) is 1. The van der Waals surface area contributed by atoms with Crippen LogP contribution in [-0.4, -0.2) is 88.4 Å². The Morgan fingerprint density at radius 2 is 1.29 bits per heavy atom. The van der Waals surface area contributed by atoms with Crippen molar-refractivity contribution in [3.63, 3.8) is 0 Å². The summed E-state index contributed by atoms with van der Waals surface area (Å²) in [5, 5.41) is 82.5. The molecule has 0 aliphatic heterocycles. The largest absolute Gasteiger partial charge is 0.504 e. The molecule has 1 aliphatic rings. The molecule has 202 valence electrons. The van der Waals surface area contributed by atoms with Gasteiger partial charge in [0.1, 0.15) is 0 Å². The Morgan fingerprint density at radius 1 is 0.816 bits per heavy atom. The fourth-order valence-electron chi connectivity index (χ4n) is 4.26. The first-order valence-corrected chi connectivity index (χ1v) is 11.1. The Labute approximate surface area is 215 Å². The Morgan fingerprint density at radius 3 is 1.74 bits per heavy atom. The third kappa shape index (κ3) is 4.97. The molecule has 3 rings (SSSR count). The number of carbonyl (C=O) groups excluding carboxylic acids is 3. The molecule has 1 aliphatic carbocycles. The molecule has 2 aromatic carbocycles. The van der Waals surface area contributed by atoms with Crippen molar-refractivity contribution in [1.82, 2.24) is 0 Å². The predicted molar refractivity (Wildman–Crippen MR) is 130 cm³/mol. The van der Waals surface area contributed by atoms with E-state index in [0.29, 0.717) is 12.2 Å². The molecule has 2 aromatic rings. The van der Waals surface area contributed by atoms with Gasteiger partial charge in [-0.2, -0.15) is 0 Å². The number of carbonyl (C=O) groups is 3. The second-order valence-corrected chi connectivity index (χ2v) is 8.94. The summed E-state index contributed by atoms with van der Waals surface area (Å²) in [6.07, 6.45) is -1.03. The van der Waals surface area contributed by atoms with Crippen LogP contribution in [0.1, 0.15) is 24.0 Å². The number of benzene rings is 2. The van der Waals surface area contributed by atoms with Gasteiger partial charge in [-0.25, -0.2) is 4.79 Å². The van der Waals surface area contributed by atoms with Crippen molar-refractivity contribution >= 4 is 29.7 Å². The normalized spacial score (nSPS) is 27.4. The SMILES string of the molecule is COC(=O)C1(O)C[C@@H](O)C(O)(C(=O)/C=C/c2ccc(O)c(O)c2)[C@@](O)(C(=O)/C=C/c2ccc(O)c(O)c2)C1. The second-order valence-electron chi connectivity index (χ2n) is 8.94.